The van der Waals surface area contributed by atoms with Crippen molar-refractivity contribution in [2.45, 2.75) is 114 Å². The Labute approximate surface area is 401 Å². The number of allylic oxidation sites excluding steroid dienone is 8. The van der Waals surface area contributed by atoms with Gasteiger partial charge in [-0.25, -0.2) is 8.42 Å². The van der Waals surface area contributed by atoms with Gasteiger partial charge in [0.15, 0.2) is 12.3 Å². The Hall–Kier alpha value is -5.22. The van der Waals surface area contributed by atoms with E-state index in [1.165, 1.54) is 26.0 Å². The molecule has 0 aromatic heterocycles. The van der Waals surface area contributed by atoms with Crippen molar-refractivity contribution in [1.29, 1.82) is 0 Å². The summed E-state index contributed by atoms with van der Waals surface area (Å²) in [4.78, 5) is 1.89. The lowest BCUT2D eigenvalue weighted by atomic mass is 9.78. The summed E-state index contributed by atoms with van der Waals surface area (Å²) in [6.07, 6.45) is 11.4. The van der Waals surface area contributed by atoms with E-state index in [4.69, 9.17) is 0 Å². The Morgan fingerprint density at radius 1 is 0.735 bits per heavy atom. The molecule has 5 aromatic rings. The zero-order valence-electron chi connectivity index (χ0n) is 39.9. The molecule has 0 saturated carbocycles. The molecule has 2 heterocycles. The molecule has 358 valence electrons. The summed E-state index contributed by atoms with van der Waals surface area (Å²) < 4.78 is 107. The maximum Gasteiger partial charge on any atom is 0.294 e. The van der Waals surface area contributed by atoms with Gasteiger partial charge in [-0.05, 0) is 147 Å². The first-order chi connectivity index (χ1) is 31.8. The van der Waals surface area contributed by atoms with E-state index in [0.717, 1.165) is 103 Å². The van der Waals surface area contributed by atoms with Crippen LogP contribution < -0.4 is 4.90 Å². The van der Waals surface area contributed by atoms with Gasteiger partial charge in [-0.1, -0.05) is 91.7 Å². The van der Waals surface area contributed by atoms with Gasteiger partial charge in [-0.15, -0.1) is 0 Å². The second-order valence-electron chi connectivity index (χ2n) is 19.9. The van der Waals surface area contributed by atoms with Crippen molar-refractivity contribution in [2.75, 3.05) is 18.0 Å². The summed E-state index contributed by atoms with van der Waals surface area (Å²) in [6, 6.07) is 27.3. The minimum atomic E-state index is -4.49. The molecule has 3 aliphatic rings. The molecule has 0 amide bonds. The van der Waals surface area contributed by atoms with Gasteiger partial charge in [-0.2, -0.15) is 21.4 Å². The van der Waals surface area contributed by atoms with Crippen LogP contribution in [0.15, 0.2) is 131 Å². The third-order valence-electron chi connectivity index (χ3n) is 14.3. The van der Waals surface area contributed by atoms with Gasteiger partial charge >= 0.3 is 0 Å². The summed E-state index contributed by atoms with van der Waals surface area (Å²) in [5.74, 6) is 0. The molecule has 0 saturated heterocycles. The maximum absolute atomic E-state index is 12.3. The molecule has 0 fully saturated rings. The van der Waals surface area contributed by atoms with Crippen molar-refractivity contribution < 1.29 is 43.5 Å². The van der Waals surface area contributed by atoms with E-state index in [9.17, 15) is 38.9 Å². The van der Waals surface area contributed by atoms with E-state index in [1.807, 2.05) is 18.2 Å². The highest BCUT2D eigenvalue weighted by Gasteiger charge is 2.46. The van der Waals surface area contributed by atoms with E-state index >= 15 is 0 Å². The Morgan fingerprint density at radius 2 is 1.41 bits per heavy atom. The van der Waals surface area contributed by atoms with Crippen molar-refractivity contribution in [1.82, 2.24) is 0 Å². The van der Waals surface area contributed by atoms with Gasteiger partial charge in [0.25, 0.3) is 20.2 Å². The molecule has 2 aliphatic heterocycles. The molecule has 5 aromatic carbocycles. The topological polar surface area (TPSA) is 172 Å². The maximum atomic E-state index is 12.3. The second kappa shape index (κ2) is 17.9. The monoisotopic (exact) mass is 976 g/mol. The van der Waals surface area contributed by atoms with Gasteiger partial charge in [0, 0.05) is 47.5 Å². The van der Waals surface area contributed by atoms with Crippen LogP contribution in [0.4, 0.5) is 11.4 Å². The lowest BCUT2D eigenvalue weighted by Gasteiger charge is -2.28. The Kier molecular flexibility index (Phi) is 13.0. The zero-order valence-corrected chi connectivity index (χ0v) is 42.3. The SMILES string of the molecule is Cc1cc(C)cc(C2=C(/C=C/C3=[N+](CCC(C)S(=O)(=O)[O-])c4ccc5ccccc5c4C3(C)C)CCC/C2=C\C=C2\N(CCC(C)S(=O)(=O)O)c3ccc4cc(S(=O)(=O)O)ccc4c3C2(C)C)c1. The average Bonchev–Trinajstić information content (AvgIpc) is 3.61. The van der Waals surface area contributed by atoms with E-state index in [0.29, 0.717) is 11.9 Å². The quantitative estimate of drug-likeness (QED) is 0.0854. The standard InChI is InChI=1S/C54H60N2O9S3/c1-34-30-35(2)32-42(31-34)50-39(18-24-48-53(5,6)51-44-15-10-9-12-38(44)16-22-46(51)55(48)28-26-36(3)66(57,58)59)13-11-14-40(50)19-25-49-54(7,8)52-45-21-20-43(68(63,64)65)33-41(45)17-23-47(52)56(49)29-27-37(4)67(60,61)62/h9-10,12,15-25,30-33,36-37H,11,13-14,26-29H2,1-8H3,(H2-,57,58,59,60,61,62,63,64,65). The molecule has 0 bridgehead atoms. The molecule has 0 radical (unpaired) electrons. The van der Waals surface area contributed by atoms with Crippen LogP contribution in [0.1, 0.15) is 101 Å². The number of nitrogens with zero attached hydrogens (tertiary/aromatic N) is 2. The molecule has 68 heavy (non-hydrogen) atoms. The molecule has 8 rings (SSSR count). The van der Waals surface area contributed by atoms with Crippen molar-refractivity contribution in [3.63, 3.8) is 0 Å². The number of fused-ring (bicyclic) bond motifs is 6. The third kappa shape index (κ3) is 9.31. The first kappa shape index (κ1) is 49.2. The highest BCUT2D eigenvalue weighted by atomic mass is 32.2. The van der Waals surface area contributed by atoms with E-state index in [2.05, 4.69) is 118 Å². The molecule has 14 heteroatoms. The molecule has 2 N–H and O–H groups in total. The number of hydrogen-bond acceptors (Lipinski definition) is 8. The summed E-state index contributed by atoms with van der Waals surface area (Å²) in [5.41, 5.74) is 11.3. The molecule has 0 spiro atoms. The number of rotatable bonds is 13. The van der Waals surface area contributed by atoms with Crippen LogP contribution in [-0.4, -0.2) is 72.8 Å². The number of benzene rings is 5. The lowest BCUT2D eigenvalue weighted by Crippen LogP contribution is -2.30. The third-order valence-corrected chi connectivity index (χ3v) is 17.6. The zero-order chi connectivity index (χ0) is 49.3. The van der Waals surface area contributed by atoms with Crippen molar-refractivity contribution in [3.05, 3.63) is 154 Å². The fourth-order valence-corrected chi connectivity index (χ4v) is 12.1. The minimum Gasteiger partial charge on any atom is -0.748 e. The van der Waals surface area contributed by atoms with Crippen LogP contribution in [-0.2, 0) is 41.2 Å². The van der Waals surface area contributed by atoms with E-state index < -0.39 is 51.7 Å². The first-order valence-corrected chi connectivity index (χ1v) is 27.5. The summed E-state index contributed by atoms with van der Waals surface area (Å²) >= 11 is 0. The smallest absolute Gasteiger partial charge is 0.294 e. The predicted molar refractivity (Wildman–Crippen MR) is 272 cm³/mol. The molecule has 1 aliphatic carbocycles. The summed E-state index contributed by atoms with van der Waals surface area (Å²) in [7, 11) is -13.2. The van der Waals surface area contributed by atoms with Crippen LogP contribution in [0.2, 0.25) is 0 Å². The molecular formula is C54H60N2O9S3. The molecular weight excluding hydrogens is 917 g/mol. The van der Waals surface area contributed by atoms with Gasteiger partial charge in [0.2, 0.25) is 5.69 Å². The fraction of sp³-hybridized carbons (Fsp3) is 0.352. The Morgan fingerprint density at radius 3 is 2.09 bits per heavy atom. The molecule has 2 unspecified atom stereocenters. The fourth-order valence-electron chi connectivity index (χ4n) is 10.8. The Balaban J connectivity index is 1.29. The largest absolute Gasteiger partial charge is 0.748 e. The first-order valence-electron chi connectivity index (χ1n) is 23.1. The number of aryl methyl sites for hydroxylation is 2. The minimum absolute atomic E-state index is 0.141. The normalized spacial score (nSPS) is 19.5. The Bertz CT molecular complexity index is 3390. The van der Waals surface area contributed by atoms with Crippen LogP contribution >= 0.6 is 0 Å². The van der Waals surface area contributed by atoms with Crippen LogP contribution in [0.3, 0.4) is 0 Å². The highest BCUT2D eigenvalue weighted by Crippen LogP contribution is 2.52. The second-order valence-corrected chi connectivity index (χ2v) is 24.9. The van der Waals surface area contributed by atoms with Gasteiger partial charge in [0.1, 0.15) is 0 Å². The van der Waals surface area contributed by atoms with Gasteiger partial charge < -0.3 is 9.45 Å². The summed E-state index contributed by atoms with van der Waals surface area (Å²) in [6.45, 7) is 16.3. The molecule has 2 atom stereocenters. The van der Waals surface area contributed by atoms with Gasteiger partial charge in [0.05, 0.1) is 30.9 Å². The van der Waals surface area contributed by atoms with Crippen LogP contribution in [0.25, 0.3) is 27.1 Å². The van der Waals surface area contributed by atoms with Crippen LogP contribution in [0.5, 0.6) is 0 Å². The number of anilines is 1. The lowest BCUT2D eigenvalue weighted by molar-refractivity contribution is -0.438. The van der Waals surface area contributed by atoms with E-state index in [-0.39, 0.29) is 24.3 Å². The van der Waals surface area contributed by atoms with Crippen molar-refractivity contribution in [3.8, 4) is 0 Å². The van der Waals surface area contributed by atoms with Crippen LogP contribution in [0, 0.1) is 13.8 Å². The predicted octanol–water partition coefficient (Wildman–Crippen LogP) is 11.0. The average molecular weight is 977 g/mol. The van der Waals surface area contributed by atoms with E-state index in [1.54, 1.807) is 12.1 Å². The summed E-state index contributed by atoms with van der Waals surface area (Å²) in [5, 5.41) is 1.57. The number of hydrogen-bond donors (Lipinski definition) is 2. The van der Waals surface area contributed by atoms with Crippen molar-refractivity contribution >= 4 is 74.6 Å². The molecule has 11 nitrogen and oxygen atoms in total. The van der Waals surface area contributed by atoms with Gasteiger partial charge in [-0.3, -0.25) is 9.11 Å². The highest BCUT2D eigenvalue weighted by molar-refractivity contribution is 7.86. The van der Waals surface area contributed by atoms with Crippen molar-refractivity contribution in [2.24, 2.45) is 0 Å².